The van der Waals surface area contributed by atoms with Crippen LogP contribution in [0, 0.1) is 11.3 Å². The average molecular weight is 280 g/mol. The van der Waals surface area contributed by atoms with Crippen LogP contribution in [0.1, 0.15) is 37.5 Å². The maximum Gasteiger partial charge on any atom is 0.230 e. The number of amides is 1. The molecule has 0 saturated heterocycles. The number of carbonyl (C=O) groups excluding carboxylic acids is 1. The standard InChI is InChI=1S/C15H24N2OS/c1-12-5-7-15(11-16,8-6-12)14(18)17(2)10-13-4-3-9-19-13/h3-4,9,12H,5-8,10-11,16H2,1-2H3. The summed E-state index contributed by atoms with van der Waals surface area (Å²) < 4.78 is 0. The van der Waals surface area contributed by atoms with E-state index < -0.39 is 0 Å². The Morgan fingerprint density at radius 2 is 2.21 bits per heavy atom. The molecule has 1 saturated carbocycles. The maximum absolute atomic E-state index is 12.7. The number of nitrogens with zero attached hydrogens (tertiary/aromatic N) is 1. The van der Waals surface area contributed by atoms with Gasteiger partial charge in [-0.05, 0) is 43.0 Å². The van der Waals surface area contributed by atoms with Gasteiger partial charge in [0.25, 0.3) is 0 Å². The molecule has 0 aliphatic heterocycles. The van der Waals surface area contributed by atoms with Gasteiger partial charge >= 0.3 is 0 Å². The maximum atomic E-state index is 12.7. The van der Waals surface area contributed by atoms with Crippen LogP contribution in [0.4, 0.5) is 0 Å². The van der Waals surface area contributed by atoms with E-state index in [1.165, 1.54) is 4.88 Å². The number of hydrogen-bond donors (Lipinski definition) is 1. The van der Waals surface area contributed by atoms with Gasteiger partial charge in [0, 0.05) is 18.5 Å². The van der Waals surface area contributed by atoms with Crippen LogP contribution in [0.15, 0.2) is 17.5 Å². The lowest BCUT2D eigenvalue weighted by Gasteiger charge is -2.39. The van der Waals surface area contributed by atoms with Crippen molar-refractivity contribution in [3.8, 4) is 0 Å². The van der Waals surface area contributed by atoms with E-state index in [0.29, 0.717) is 13.1 Å². The minimum Gasteiger partial charge on any atom is -0.340 e. The van der Waals surface area contributed by atoms with E-state index in [0.717, 1.165) is 31.6 Å². The van der Waals surface area contributed by atoms with Crippen LogP contribution in [0.25, 0.3) is 0 Å². The smallest absolute Gasteiger partial charge is 0.230 e. The summed E-state index contributed by atoms with van der Waals surface area (Å²) in [7, 11) is 1.90. The second-order valence-electron chi connectivity index (χ2n) is 5.91. The van der Waals surface area contributed by atoms with E-state index in [1.807, 2.05) is 18.0 Å². The summed E-state index contributed by atoms with van der Waals surface area (Å²) in [6.45, 7) is 3.45. The topological polar surface area (TPSA) is 46.3 Å². The Labute approximate surface area is 119 Å². The van der Waals surface area contributed by atoms with E-state index in [2.05, 4.69) is 18.4 Å². The van der Waals surface area contributed by atoms with Crippen molar-refractivity contribution in [2.75, 3.05) is 13.6 Å². The van der Waals surface area contributed by atoms with E-state index in [9.17, 15) is 4.79 Å². The van der Waals surface area contributed by atoms with Crippen molar-refractivity contribution in [3.63, 3.8) is 0 Å². The van der Waals surface area contributed by atoms with Gasteiger partial charge in [-0.3, -0.25) is 4.79 Å². The highest BCUT2D eigenvalue weighted by molar-refractivity contribution is 7.09. The van der Waals surface area contributed by atoms with Gasteiger partial charge in [-0.2, -0.15) is 0 Å². The van der Waals surface area contributed by atoms with Crippen molar-refractivity contribution < 1.29 is 4.79 Å². The van der Waals surface area contributed by atoms with Crippen molar-refractivity contribution in [3.05, 3.63) is 22.4 Å². The molecule has 106 valence electrons. The molecule has 2 rings (SSSR count). The van der Waals surface area contributed by atoms with Gasteiger partial charge < -0.3 is 10.6 Å². The third-order valence-corrected chi connectivity index (χ3v) is 5.26. The van der Waals surface area contributed by atoms with Crippen molar-refractivity contribution in [2.24, 2.45) is 17.1 Å². The van der Waals surface area contributed by atoms with Crippen LogP contribution in [-0.2, 0) is 11.3 Å². The lowest BCUT2D eigenvalue weighted by Crippen LogP contribution is -2.48. The van der Waals surface area contributed by atoms with Gasteiger partial charge in [0.05, 0.1) is 12.0 Å². The third-order valence-electron chi connectivity index (χ3n) is 4.40. The van der Waals surface area contributed by atoms with Gasteiger partial charge in [-0.15, -0.1) is 11.3 Å². The minimum atomic E-state index is -0.307. The Morgan fingerprint density at radius 3 is 2.74 bits per heavy atom. The Morgan fingerprint density at radius 1 is 1.53 bits per heavy atom. The summed E-state index contributed by atoms with van der Waals surface area (Å²) in [5, 5.41) is 2.05. The fourth-order valence-corrected chi connectivity index (χ4v) is 3.69. The summed E-state index contributed by atoms with van der Waals surface area (Å²) in [6.07, 6.45) is 4.13. The molecular formula is C15H24N2OS. The molecule has 0 spiro atoms. The highest BCUT2D eigenvalue weighted by atomic mass is 32.1. The zero-order valence-electron chi connectivity index (χ0n) is 11.9. The number of rotatable bonds is 4. The molecule has 4 heteroatoms. The number of hydrogen-bond acceptors (Lipinski definition) is 3. The third kappa shape index (κ3) is 3.18. The SMILES string of the molecule is CC1CCC(CN)(C(=O)N(C)Cc2cccs2)CC1. The molecule has 1 aliphatic carbocycles. The summed E-state index contributed by atoms with van der Waals surface area (Å²) in [4.78, 5) is 15.8. The predicted octanol–water partition coefficient (Wildman–Crippen LogP) is 2.86. The van der Waals surface area contributed by atoms with Gasteiger partial charge in [0.2, 0.25) is 5.91 Å². The fourth-order valence-electron chi connectivity index (χ4n) is 2.93. The molecule has 0 atom stereocenters. The molecule has 1 heterocycles. The molecule has 0 unspecified atom stereocenters. The van der Waals surface area contributed by atoms with E-state index >= 15 is 0 Å². The van der Waals surface area contributed by atoms with E-state index in [4.69, 9.17) is 5.73 Å². The lowest BCUT2D eigenvalue weighted by molar-refractivity contribution is -0.143. The molecule has 1 aliphatic rings. The second-order valence-corrected chi connectivity index (χ2v) is 6.94. The van der Waals surface area contributed by atoms with Crippen molar-refractivity contribution in [2.45, 2.75) is 39.2 Å². The lowest BCUT2D eigenvalue weighted by atomic mass is 9.70. The van der Waals surface area contributed by atoms with Crippen LogP contribution >= 0.6 is 11.3 Å². The first kappa shape index (κ1) is 14.5. The van der Waals surface area contributed by atoms with Crippen molar-refractivity contribution >= 4 is 17.2 Å². The van der Waals surface area contributed by atoms with Crippen LogP contribution in [0.2, 0.25) is 0 Å². The Kier molecular flexibility index (Phi) is 4.63. The van der Waals surface area contributed by atoms with E-state index in [-0.39, 0.29) is 11.3 Å². The first-order valence-electron chi connectivity index (χ1n) is 7.05. The summed E-state index contributed by atoms with van der Waals surface area (Å²) in [6, 6.07) is 4.10. The summed E-state index contributed by atoms with van der Waals surface area (Å²) in [5.74, 6) is 0.963. The molecule has 1 aromatic rings. The first-order chi connectivity index (χ1) is 9.07. The van der Waals surface area contributed by atoms with Gasteiger partial charge in [0.15, 0.2) is 0 Å². The normalized spacial score (nSPS) is 27.2. The monoisotopic (exact) mass is 280 g/mol. The minimum absolute atomic E-state index is 0.232. The van der Waals surface area contributed by atoms with E-state index in [1.54, 1.807) is 11.3 Å². The molecule has 19 heavy (non-hydrogen) atoms. The Bertz CT molecular complexity index is 408. The first-order valence-corrected chi connectivity index (χ1v) is 7.93. The van der Waals surface area contributed by atoms with Gasteiger partial charge in [0.1, 0.15) is 0 Å². The van der Waals surface area contributed by atoms with Gasteiger partial charge in [-0.1, -0.05) is 13.0 Å². The van der Waals surface area contributed by atoms with Crippen LogP contribution < -0.4 is 5.73 Å². The number of thiophene rings is 1. The molecule has 3 nitrogen and oxygen atoms in total. The zero-order chi connectivity index (χ0) is 13.9. The Hall–Kier alpha value is -0.870. The molecular weight excluding hydrogens is 256 g/mol. The van der Waals surface area contributed by atoms with Gasteiger partial charge in [-0.25, -0.2) is 0 Å². The predicted molar refractivity (Wildman–Crippen MR) is 79.9 cm³/mol. The number of carbonyl (C=O) groups is 1. The zero-order valence-corrected chi connectivity index (χ0v) is 12.7. The molecule has 0 aromatic carbocycles. The molecule has 1 aromatic heterocycles. The van der Waals surface area contributed by atoms with Crippen LogP contribution in [0.3, 0.4) is 0 Å². The highest BCUT2D eigenvalue weighted by Gasteiger charge is 2.41. The molecule has 1 amide bonds. The highest BCUT2D eigenvalue weighted by Crippen LogP contribution is 2.39. The van der Waals surface area contributed by atoms with Crippen molar-refractivity contribution in [1.82, 2.24) is 4.90 Å². The summed E-state index contributed by atoms with van der Waals surface area (Å²) in [5.41, 5.74) is 5.64. The van der Waals surface area contributed by atoms with Crippen molar-refractivity contribution in [1.29, 1.82) is 0 Å². The largest absolute Gasteiger partial charge is 0.340 e. The summed E-state index contributed by atoms with van der Waals surface area (Å²) >= 11 is 1.70. The molecule has 1 fully saturated rings. The fraction of sp³-hybridized carbons (Fsp3) is 0.667. The quantitative estimate of drug-likeness (QED) is 0.922. The number of nitrogens with two attached hydrogens (primary N) is 1. The molecule has 2 N–H and O–H groups in total. The Balaban J connectivity index is 2.03. The molecule has 0 radical (unpaired) electrons. The average Bonchev–Trinajstić information content (AvgIpc) is 2.92. The second kappa shape index (κ2) is 6.06. The van der Waals surface area contributed by atoms with Crippen LogP contribution in [-0.4, -0.2) is 24.4 Å². The van der Waals surface area contributed by atoms with Crippen LogP contribution in [0.5, 0.6) is 0 Å². The molecule has 0 bridgehead atoms.